The highest BCUT2D eigenvalue weighted by molar-refractivity contribution is 7.79. The normalized spacial score (nSPS) is 11.7. The third-order valence-electron chi connectivity index (χ3n) is 1.55. The summed E-state index contributed by atoms with van der Waals surface area (Å²) in [5, 5.41) is 8.92. The molecule has 0 fully saturated rings. The Hall–Kier alpha value is -0.840. The Morgan fingerprint density at radius 2 is 1.92 bits per heavy atom. The molecule has 1 N–H and O–H groups in total. The van der Waals surface area contributed by atoms with Crippen LogP contribution in [0.15, 0.2) is 18.2 Å². The van der Waals surface area contributed by atoms with Crippen LogP contribution in [0.1, 0.15) is 11.1 Å². The van der Waals surface area contributed by atoms with Crippen LogP contribution in [0.25, 0.3) is 0 Å². The van der Waals surface area contributed by atoms with Crippen LogP contribution in [0, 0.1) is 0 Å². The summed E-state index contributed by atoms with van der Waals surface area (Å²) in [5.41, 5.74) is -0.590. The molecule has 0 heterocycles. The third kappa shape index (κ3) is 2.30. The van der Waals surface area contributed by atoms with Gasteiger partial charge in [0.2, 0.25) is 0 Å². The predicted octanol–water partition coefficient (Wildman–Crippen LogP) is 2.84. The second kappa shape index (κ2) is 3.49. The van der Waals surface area contributed by atoms with E-state index in [1.54, 1.807) is 0 Å². The van der Waals surface area contributed by atoms with E-state index in [1.165, 1.54) is 6.07 Å². The van der Waals surface area contributed by atoms with E-state index >= 15 is 0 Å². The van der Waals surface area contributed by atoms with Gasteiger partial charge in [0, 0.05) is 5.75 Å². The number of benzene rings is 1. The molecule has 13 heavy (non-hydrogen) atoms. The lowest BCUT2D eigenvalue weighted by atomic mass is 10.1. The summed E-state index contributed by atoms with van der Waals surface area (Å²) < 4.78 is 36.5. The van der Waals surface area contributed by atoms with Gasteiger partial charge in [0.15, 0.2) is 0 Å². The second-order valence-electron chi connectivity index (χ2n) is 2.51. The molecular formula is C8H7F3OS. The molecule has 1 aromatic carbocycles. The first-order chi connectivity index (χ1) is 5.95. The maximum atomic E-state index is 12.2. The SMILES string of the molecule is Oc1ccc(CS)cc1C(F)(F)F. The van der Waals surface area contributed by atoms with Crippen molar-refractivity contribution in [2.24, 2.45) is 0 Å². The van der Waals surface area contributed by atoms with E-state index in [0.717, 1.165) is 12.1 Å². The van der Waals surface area contributed by atoms with Crippen molar-refractivity contribution in [3.8, 4) is 5.75 Å². The highest BCUT2D eigenvalue weighted by Crippen LogP contribution is 2.36. The average molecular weight is 208 g/mol. The van der Waals surface area contributed by atoms with Gasteiger partial charge in [0.1, 0.15) is 5.75 Å². The Kier molecular flexibility index (Phi) is 2.75. The quantitative estimate of drug-likeness (QED) is 0.680. The molecule has 0 saturated heterocycles. The van der Waals surface area contributed by atoms with Crippen LogP contribution in [0.5, 0.6) is 5.75 Å². The van der Waals surface area contributed by atoms with E-state index in [0.29, 0.717) is 5.56 Å². The first-order valence-electron chi connectivity index (χ1n) is 3.45. The molecule has 72 valence electrons. The molecule has 0 bridgehead atoms. The summed E-state index contributed by atoms with van der Waals surface area (Å²) in [4.78, 5) is 0. The van der Waals surface area contributed by atoms with Crippen molar-refractivity contribution in [1.29, 1.82) is 0 Å². The van der Waals surface area contributed by atoms with Gasteiger partial charge in [-0.05, 0) is 17.7 Å². The van der Waals surface area contributed by atoms with Crippen LogP contribution in [0.4, 0.5) is 13.2 Å². The van der Waals surface area contributed by atoms with Crippen molar-refractivity contribution in [1.82, 2.24) is 0 Å². The number of hydrogen-bond donors (Lipinski definition) is 2. The average Bonchev–Trinajstić information content (AvgIpc) is 2.03. The summed E-state index contributed by atoms with van der Waals surface area (Å²) in [7, 11) is 0. The Bertz CT molecular complexity index is 309. The molecule has 0 saturated carbocycles. The summed E-state index contributed by atoms with van der Waals surface area (Å²) in [6.07, 6.45) is -4.51. The van der Waals surface area contributed by atoms with E-state index in [4.69, 9.17) is 5.11 Å². The Morgan fingerprint density at radius 1 is 1.31 bits per heavy atom. The lowest BCUT2D eigenvalue weighted by Gasteiger charge is -2.09. The van der Waals surface area contributed by atoms with Gasteiger partial charge in [-0.3, -0.25) is 0 Å². The molecule has 0 spiro atoms. The van der Waals surface area contributed by atoms with Gasteiger partial charge in [-0.1, -0.05) is 6.07 Å². The van der Waals surface area contributed by atoms with Gasteiger partial charge < -0.3 is 5.11 Å². The van der Waals surface area contributed by atoms with E-state index in [1.807, 2.05) is 0 Å². The van der Waals surface area contributed by atoms with E-state index < -0.39 is 17.5 Å². The fourth-order valence-electron chi connectivity index (χ4n) is 0.909. The lowest BCUT2D eigenvalue weighted by Crippen LogP contribution is -2.05. The van der Waals surface area contributed by atoms with Crippen LogP contribution >= 0.6 is 12.6 Å². The lowest BCUT2D eigenvalue weighted by molar-refractivity contribution is -0.138. The topological polar surface area (TPSA) is 20.2 Å². The zero-order valence-corrected chi connectivity index (χ0v) is 7.36. The van der Waals surface area contributed by atoms with Gasteiger partial charge in [-0.15, -0.1) is 0 Å². The third-order valence-corrected chi connectivity index (χ3v) is 1.91. The zero-order chi connectivity index (χ0) is 10.1. The molecule has 0 amide bonds. The van der Waals surface area contributed by atoms with Crippen molar-refractivity contribution in [3.05, 3.63) is 29.3 Å². The number of hydrogen-bond acceptors (Lipinski definition) is 2. The van der Waals surface area contributed by atoms with Gasteiger partial charge in [-0.25, -0.2) is 0 Å². The minimum Gasteiger partial charge on any atom is -0.507 e. The smallest absolute Gasteiger partial charge is 0.419 e. The molecule has 0 aromatic heterocycles. The molecule has 0 radical (unpaired) electrons. The summed E-state index contributed by atoms with van der Waals surface area (Å²) in [5.74, 6) is -0.540. The fraction of sp³-hybridized carbons (Fsp3) is 0.250. The molecule has 1 aromatic rings. The van der Waals surface area contributed by atoms with E-state index in [2.05, 4.69) is 12.6 Å². The first-order valence-corrected chi connectivity index (χ1v) is 4.08. The highest BCUT2D eigenvalue weighted by atomic mass is 32.1. The van der Waals surface area contributed by atoms with Gasteiger partial charge in [0.25, 0.3) is 0 Å². The number of thiol groups is 1. The first kappa shape index (κ1) is 10.2. The molecule has 0 aliphatic rings. The van der Waals surface area contributed by atoms with Gasteiger partial charge in [0.05, 0.1) is 5.56 Å². The number of alkyl halides is 3. The number of halogens is 3. The summed E-state index contributed by atoms with van der Waals surface area (Å²) in [6.45, 7) is 0. The van der Waals surface area contributed by atoms with Crippen molar-refractivity contribution < 1.29 is 18.3 Å². The van der Waals surface area contributed by atoms with Crippen molar-refractivity contribution in [2.45, 2.75) is 11.9 Å². The van der Waals surface area contributed by atoms with Crippen molar-refractivity contribution >= 4 is 12.6 Å². The number of phenols is 1. The number of phenolic OH excluding ortho intramolecular Hbond substituents is 1. The molecule has 1 nitrogen and oxygen atoms in total. The Labute approximate surface area is 78.6 Å². The van der Waals surface area contributed by atoms with Gasteiger partial charge in [-0.2, -0.15) is 25.8 Å². The molecule has 5 heteroatoms. The van der Waals surface area contributed by atoms with E-state index in [9.17, 15) is 13.2 Å². The largest absolute Gasteiger partial charge is 0.507 e. The van der Waals surface area contributed by atoms with Gasteiger partial charge >= 0.3 is 6.18 Å². The van der Waals surface area contributed by atoms with Crippen LogP contribution in [-0.4, -0.2) is 5.11 Å². The van der Waals surface area contributed by atoms with Crippen LogP contribution in [0.2, 0.25) is 0 Å². The van der Waals surface area contributed by atoms with Crippen molar-refractivity contribution in [2.75, 3.05) is 0 Å². The van der Waals surface area contributed by atoms with Crippen LogP contribution in [-0.2, 0) is 11.9 Å². The van der Waals surface area contributed by atoms with Crippen LogP contribution < -0.4 is 0 Å². The Balaban J connectivity index is 3.19. The second-order valence-corrected chi connectivity index (χ2v) is 2.82. The monoisotopic (exact) mass is 208 g/mol. The molecule has 0 aliphatic heterocycles. The molecule has 0 unspecified atom stereocenters. The Morgan fingerprint density at radius 3 is 2.38 bits per heavy atom. The molecular weight excluding hydrogens is 201 g/mol. The van der Waals surface area contributed by atoms with Crippen LogP contribution in [0.3, 0.4) is 0 Å². The summed E-state index contributed by atoms with van der Waals surface area (Å²) in [6, 6.07) is 3.31. The minimum atomic E-state index is -4.51. The fourth-order valence-corrected chi connectivity index (χ4v) is 1.11. The zero-order valence-electron chi connectivity index (χ0n) is 6.47. The number of rotatable bonds is 1. The number of aromatic hydroxyl groups is 1. The maximum absolute atomic E-state index is 12.2. The van der Waals surface area contributed by atoms with Crippen molar-refractivity contribution in [3.63, 3.8) is 0 Å². The highest BCUT2D eigenvalue weighted by Gasteiger charge is 2.33. The minimum absolute atomic E-state index is 0.212. The predicted molar refractivity (Wildman–Crippen MR) is 45.8 cm³/mol. The standard InChI is InChI=1S/C8H7F3OS/c9-8(10,11)6-3-5(4-13)1-2-7(6)12/h1-3,12-13H,4H2. The summed E-state index contributed by atoms with van der Waals surface area (Å²) >= 11 is 3.84. The molecule has 0 aliphatic carbocycles. The molecule has 0 atom stereocenters. The maximum Gasteiger partial charge on any atom is 0.419 e. The molecule has 1 rings (SSSR count). The van der Waals surface area contributed by atoms with E-state index in [-0.39, 0.29) is 5.75 Å².